The molecule has 0 unspecified atom stereocenters. The molecule has 1 aliphatic rings. The second-order valence-electron chi connectivity index (χ2n) is 5.86. The molecule has 8 heteroatoms. The van der Waals surface area contributed by atoms with Gasteiger partial charge in [-0.3, -0.25) is 14.9 Å². The number of amides is 1. The highest BCUT2D eigenvalue weighted by Crippen LogP contribution is 2.28. The van der Waals surface area contributed by atoms with Crippen molar-refractivity contribution in [1.29, 1.82) is 0 Å². The topological polar surface area (TPSA) is 75.9 Å². The van der Waals surface area contributed by atoms with Crippen molar-refractivity contribution in [3.05, 3.63) is 63.7 Å². The molecule has 0 spiro atoms. The third-order valence-corrected chi connectivity index (χ3v) is 4.44. The lowest BCUT2D eigenvalue weighted by Gasteiger charge is -2.35. The van der Waals surface area contributed by atoms with Crippen LogP contribution in [0.5, 0.6) is 5.75 Å². The molecule has 7 nitrogen and oxygen atoms in total. The van der Waals surface area contributed by atoms with Crippen LogP contribution in [0.1, 0.15) is 0 Å². The number of carbonyl (C=O) groups excluding carboxylic acids is 1. The first-order valence-corrected chi connectivity index (χ1v) is 8.57. The Morgan fingerprint density at radius 1 is 1.12 bits per heavy atom. The summed E-state index contributed by atoms with van der Waals surface area (Å²) in [4.78, 5) is 26.7. The Morgan fingerprint density at radius 3 is 2.54 bits per heavy atom. The van der Waals surface area contributed by atoms with Crippen LogP contribution in [0.2, 0.25) is 5.02 Å². The molecule has 2 aromatic carbocycles. The maximum absolute atomic E-state index is 12.3. The van der Waals surface area contributed by atoms with Gasteiger partial charge in [0.1, 0.15) is 11.4 Å². The number of nitro groups is 1. The Morgan fingerprint density at radius 2 is 1.85 bits per heavy atom. The van der Waals surface area contributed by atoms with Crippen molar-refractivity contribution in [1.82, 2.24) is 4.90 Å². The number of rotatable bonds is 5. The van der Waals surface area contributed by atoms with Gasteiger partial charge in [-0.05, 0) is 24.3 Å². The fraction of sp³-hybridized carbons (Fsp3) is 0.278. The van der Waals surface area contributed by atoms with Crippen LogP contribution < -0.4 is 9.64 Å². The number of anilines is 1. The van der Waals surface area contributed by atoms with Crippen LogP contribution in [0, 0.1) is 10.1 Å². The highest BCUT2D eigenvalue weighted by molar-refractivity contribution is 6.30. The number of benzene rings is 2. The molecule has 1 amide bonds. The van der Waals surface area contributed by atoms with Crippen molar-refractivity contribution in [2.45, 2.75) is 0 Å². The molecular weight excluding hydrogens is 358 g/mol. The van der Waals surface area contributed by atoms with E-state index in [2.05, 4.69) is 0 Å². The molecule has 1 fully saturated rings. The molecule has 0 bridgehead atoms. The normalized spacial score (nSPS) is 14.2. The van der Waals surface area contributed by atoms with Crippen molar-refractivity contribution in [3.8, 4) is 5.75 Å². The predicted octanol–water partition coefficient (Wildman–Crippen LogP) is 2.98. The van der Waals surface area contributed by atoms with Crippen LogP contribution >= 0.6 is 11.6 Å². The SMILES string of the molecule is O=C(COc1cccc(Cl)c1)N1CCN(c2ccccc2[N+](=O)[O-])CC1. The van der Waals surface area contributed by atoms with Gasteiger partial charge in [0.15, 0.2) is 6.61 Å². The van der Waals surface area contributed by atoms with Crippen LogP contribution in [-0.2, 0) is 4.79 Å². The van der Waals surface area contributed by atoms with Gasteiger partial charge in [-0.25, -0.2) is 0 Å². The van der Waals surface area contributed by atoms with Gasteiger partial charge in [0.2, 0.25) is 0 Å². The van der Waals surface area contributed by atoms with E-state index in [1.54, 1.807) is 47.4 Å². The van der Waals surface area contributed by atoms with Crippen LogP contribution in [0.4, 0.5) is 11.4 Å². The van der Waals surface area contributed by atoms with Crippen molar-refractivity contribution < 1.29 is 14.5 Å². The average molecular weight is 376 g/mol. The van der Waals surface area contributed by atoms with Crippen molar-refractivity contribution in [2.75, 3.05) is 37.7 Å². The van der Waals surface area contributed by atoms with Crippen molar-refractivity contribution in [3.63, 3.8) is 0 Å². The highest BCUT2D eigenvalue weighted by Gasteiger charge is 2.25. The van der Waals surface area contributed by atoms with Gasteiger partial charge in [-0.1, -0.05) is 29.8 Å². The first-order chi connectivity index (χ1) is 12.5. The third-order valence-electron chi connectivity index (χ3n) is 4.21. The second kappa shape index (κ2) is 8.05. The Labute approximate surface area is 155 Å². The number of ether oxygens (including phenoxy) is 1. The molecule has 26 heavy (non-hydrogen) atoms. The number of nitro benzene ring substituents is 1. The molecule has 0 saturated carbocycles. The van der Waals surface area contributed by atoms with Crippen LogP contribution in [-0.4, -0.2) is 48.5 Å². The fourth-order valence-electron chi connectivity index (χ4n) is 2.88. The fourth-order valence-corrected chi connectivity index (χ4v) is 3.06. The number of para-hydroxylation sites is 2. The lowest BCUT2D eigenvalue weighted by atomic mass is 10.2. The molecule has 3 rings (SSSR count). The average Bonchev–Trinajstić information content (AvgIpc) is 2.66. The van der Waals surface area contributed by atoms with E-state index in [1.165, 1.54) is 6.07 Å². The highest BCUT2D eigenvalue weighted by atomic mass is 35.5. The molecule has 1 saturated heterocycles. The molecule has 0 aromatic heterocycles. The van der Waals surface area contributed by atoms with E-state index in [4.69, 9.17) is 16.3 Å². The number of hydrogen-bond acceptors (Lipinski definition) is 5. The third kappa shape index (κ3) is 4.23. The summed E-state index contributed by atoms with van der Waals surface area (Å²) < 4.78 is 5.49. The Hall–Kier alpha value is -2.80. The summed E-state index contributed by atoms with van der Waals surface area (Å²) >= 11 is 5.89. The monoisotopic (exact) mass is 375 g/mol. The minimum atomic E-state index is -0.383. The number of carbonyl (C=O) groups is 1. The van der Waals surface area contributed by atoms with E-state index >= 15 is 0 Å². The van der Waals surface area contributed by atoms with E-state index in [0.29, 0.717) is 42.6 Å². The largest absolute Gasteiger partial charge is 0.484 e. The predicted molar refractivity (Wildman–Crippen MR) is 98.8 cm³/mol. The van der Waals surface area contributed by atoms with Crippen LogP contribution in [0.15, 0.2) is 48.5 Å². The minimum Gasteiger partial charge on any atom is -0.484 e. The van der Waals surface area contributed by atoms with Gasteiger partial charge in [-0.2, -0.15) is 0 Å². The Kier molecular flexibility index (Phi) is 5.58. The van der Waals surface area contributed by atoms with E-state index in [9.17, 15) is 14.9 Å². The Bertz CT molecular complexity index is 807. The molecule has 2 aromatic rings. The zero-order chi connectivity index (χ0) is 18.5. The first-order valence-electron chi connectivity index (χ1n) is 8.19. The number of halogens is 1. The summed E-state index contributed by atoms with van der Waals surface area (Å²) in [7, 11) is 0. The summed E-state index contributed by atoms with van der Waals surface area (Å²) in [6, 6.07) is 13.5. The van der Waals surface area contributed by atoms with Gasteiger partial charge in [0, 0.05) is 37.3 Å². The number of nitrogens with zero attached hydrogens (tertiary/aromatic N) is 3. The van der Waals surface area contributed by atoms with Gasteiger partial charge in [0.25, 0.3) is 11.6 Å². The molecule has 0 N–H and O–H groups in total. The first kappa shape index (κ1) is 18.0. The molecule has 0 radical (unpaired) electrons. The smallest absolute Gasteiger partial charge is 0.292 e. The van der Waals surface area contributed by atoms with Gasteiger partial charge in [0.05, 0.1) is 4.92 Å². The van der Waals surface area contributed by atoms with Crippen LogP contribution in [0.3, 0.4) is 0 Å². The molecule has 1 heterocycles. The van der Waals surface area contributed by atoms with E-state index in [0.717, 1.165) is 0 Å². The summed E-state index contributed by atoms with van der Waals surface area (Å²) in [5, 5.41) is 11.7. The summed E-state index contributed by atoms with van der Waals surface area (Å²) in [6.07, 6.45) is 0. The summed E-state index contributed by atoms with van der Waals surface area (Å²) in [5.41, 5.74) is 0.663. The van der Waals surface area contributed by atoms with Crippen molar-refractivity contribution >= 4 is 28.9 Å². The van der Waals surface area contributed by atoms with Gasteiger partial charge in [-0.15, -0.1) is 0 Å². The Balaban J connectivity index is 1.55. The van der Waals surface area contributed by atoms with E-state index in [-0.39, 0.29) is 23.1 Å². The molecule has 0 atom stereocenters. The van der Waals surface area contributed by atoms with Gasteiger partial charge < -0.3 is 14.5 Å². The maximum atomic E-state index is 12.3. The number of hydrogen-bond donors (Lipinski definition) is 0. The second-order valence-corrected chi connectivity index (χ2v) is 6.30. The summed E-state index contributed by atoms with van der Waals surface area (Å²) in [6.45, 7) is 1.99. The quantitative estimate of drug-likeness (QED) is 0.593. The molecule has 1 aliphatic heterocycles. The zero-order valence-corrected chi connectivity index (χ0v) is 14.8. The van der Waals surface area contributed by atoms with Crippen molar-refractivity contribution in [2.24, 2.45) is 0 Å². The van der Waals surface area contributed by atoms with Gasteiger partial charge >= 0.3 is 0 Å². The molecule has 0 aliphatic carbocycles. The molecular formula is C18H18ClN3O4. The lowest BCUT2D eigenvalue weighted by molar-refractivity contribution is -0.384. The zero-order valence-electron chi connectivity index (χ0n) is 14.0. The lowest BCUT2D eigenvalue weighted by Crippen LogP contribution is -2.50. The van der Waals surface area contributed by atoms with E-state index in [1.807, 2.05) is 4.90 Å². The standard InChI is InChI=1S/C18H18ClN3O4/c19-14-4-3-5-15(12-14)26-13-18(23)21-10-8-20(9-11-21)16-6-1-2-7-17(16)22(24)25/h1-7,12H,8-11,13H2. The molecule has 136 valence electrons. The van der Waals surface area contributed by atoms with Crippen LogP contribution in [0.25, 0.3) is 0 Å². The summed E-state index contributed by atoms with van der Waals surface area (Å²) in [5.74, 6) is 0.427. The van der Waals surface area contributed by atoms with E-state index < -0.39 is 0 Å². The maximum Gasteiger partial charge on any atom is 0.292 e. The minimum absolute atomic E-state index is 0.0637. The number of piperazine rings is 1.